The first-order chi connectivity index (χ1) is 12.6. The van der Waals surface area contributed by atoms with Gasteiger partial charge < -0.3 is 4.74 Å². The summed E-state index contributed by atoms with van der Waals surface area (Å²) >= 11 is 0. The zero-order valence-corrected chi connectivity index (χ0v) is 17.9. The number of hydrogen-bond acceptors (Lipinski definition) is 2. The second-order valence-electron chi connectivity index (χ2n) is 9.52. The first-order valence-corrected chi connectivity index (χ1v) is 11.8. The van der Waals surface area contributed by atoms with E-state index in [4.69, 9.17) is 4.74 Å². The molecule has 0 atom stereocenters. The van der Waals surface area contributed by atoms with Crippen molar-refractivity contribution >= 4 is 5.97 Å². The first kappa shape index (κ1) is 21.8. The second kappa shape index (κ2) is 11.3. The van der Waals surface area contributed by atoms with Gasteiger partial charge in [-0.15, -0.1) is 0 Å². The summed E-state index contributed by atoms with van der Waals surface area (Å²) in [6.07, 6.45) is 19.4. The highest BCUT2D eigenvalue weighted by molar-refractivity contribution is 5.76. The van der Waals surface area contributed by atoms with E-state index in [2.05, 4.69) is 20.8 Å². The summed E-state index contributed by atoms with van der Waals surface area (Å²) in [6, 6.07) is 0. The monoisotopic (exact) mass is 364 g/mol. The molecule has 0 radical (unpaired) electrons. The van der Waals surface area contributed by atoms with Crippen LogP contribution in [0.1, 0.15) is 117 Å². The van der Waals surface area contributed by atoms with Crippen molar-refractivity contribution in [3.63, 3.8) is 0 Å². The molecule has 0 aliphatic heterocycles. The lowest BCUT2D eigenvalue weighted by atomic mass is 9.65. The molecule has 2 heteroatoms. The quantitative estimate of drug-likeness (QED) is 0.300. The van der Waals surface area contributed by atoms with Crippen molar-refractivity contribution in [2.45, 2.75) is 117 Å². The minimum atomic E-state index is -0.208. The van der Waals surface area contributed by atoms with Gasteiger partial charge in [-0.05, 0) is 69.6 Å². The van der Waals surface area contributed by atoms with E-state index in [1.165, 1.54) is 70.6 Å². The molecule has 2 rings (SSSR count). The Bertz CT molecular complexity index is 387. The zero-order valence-electron chi connectivity index (χ0n) is 17.9. The van der Waals surface area contributed by atoms with Crippen molar-refractivity contribution in [2.24, 2.45) is 23.2 Å². The first-order valence-electron chi connectivity index (χ1n) is 11.8. The van der Waals surface area contributed by atoms with Crippen LogP contribution >= 0.6 is 0 Å². The predicted molar refractivity (Wildman–Crippen MR) is 110 cm³/mol. The number of unbranched alkanes of at least 4 members (excludes halogenated alkanes) is 4. The summed E-state index contributed by atoms with van der Waals surface area (Å²) in [5.74, 6) is 2.88. The lowest BCUT2D eigenvalue weighted by Crippen LogP contribution is -2.36. The second-order valence-corrected chi connectivity index (χ2v) is 9.52. The van der Waals surface area contributed by atoms with Crippen molar-refractivity contribution < 1.29 is 9.53 Å². The normalized spacial score (nSPS) is 32.3. The highest BCUT2D eigenvalue weighted by atomic mass is 16.5. The Labute approximate surface area is 162 Å². The van der Waals surface area contributed by atoms with E-state index in [0.29, 0.717) is 6.61 Å². The summed E-state index contributed by atoms with van der Waals surface area (Å²) in [7, 11) is 0. The molecule has 0 N–H and O–H groups in total. The van der Waals surface area contributed by atoms with Crippen molar-refractivity contribution in [3.05, 3.63) is 0 Å². The fraction of sp³-hybridized carbons (Fsp3) is 0.958. The van der Waals surface area contributed by atoms with Gasteiger partial charge in [0.25, 0.3) is 0 Å². The lowest BCUT2D eigenvalue weighted by molar-refractivity contribution is -0.158. The zero-order chi connectivity index (χ0) is 18.8. The summed E-state index contributed by atoms with van der Waals surface area (Å²) in [6.45, 7) is 7.25. The summed E-state index contributed by atoms with van der Waals surface area (Å²) < 4.78 is 5.59. The number of ether oxygens (including phenoxy) is 1. The highest BCUT2D eigenvalue weighted by Gasteiger charge is 2.41. The largest absolute Gasteiger partial charge is 0.465 e. The Kier molecular flexibility index (Phi) is 9.50. The maximum atomic E-state index is 12.5. The molecule has 2 aliphatic rings. The summed E-state index contributed by atoms with van der Waals surface area (Å²) in [5.41, 5.74) is -0.208. The minimum Gasteiger partial charge on any atom is -0.465 e. The van der Waals surface area contributed by atoms with Crippen LogP contribution in [0.15, 0.2) is 0 Å². The van der Waals surface area contributed by atoms with Gasteiger partial charge in [0.1, 0.15) is 0 Å². The van der Waals surface area contributed by atoms with Gasteiger partial charge >= 0.3 is 5.97 Å². The molecule has 0 unspecified atom stereocenters. The smallest absolute Gasteiger partial charge is 0.311 e. The van der Waals surface area contributed by atoms with Crippen LogP contribution in [-0.4, -0.2) is 12.6 Å². The Balaban J connectivity index is 1.67. The number of hydrogen-bond donors (Lipinski definition) is 0. The van der Waals surface area contributed by atoms with Crippen LogP contribution < -0.4 is 0 Å². The van der Waals surface area contributed by atoms with Gasteiger partial charge in [0.2, 0.25) is 0 Å². The maximum Gasteiger partial charge on any atom is 0.311 e. The van der Waals surface area contributed by atoms with Gasteiger partial charge in [0, 0.05) is 0 Å². The Hall–Kier alpha value is -0.530. The van der Waals surface area contributed by atoms with Gasteiger partial charge in [-0.2, -0.15) is 0 Å². The third kappa shape index (κ3) is 6.57. The van der Waals surface area contributed by atoms with Crippen LogP contribution in [0.3, 0.4) is 0 Å². The SMILES string of the molecule is CCCCCOC(=O)C1(C)CCC(C2CCC(CCCCC)CC2)CC1. The Morgan fingerprint density at radius 3 is 2.04 bits per heavy atom. The van der Waals surface area contributed by atoms with Gasteiger partial charge in [-0.3, -0.25) is 4.79 Å². The van der Waals surface area contributed by atoms with E-state index in [9.17, 15) is 4.79 Å². The molecular weight excluding hydrogens is 320 g/mol. The van der Waals surface area contributed by atoms with E-state index >= 15 is 0 Å². The molecular formula is C24H44O2. The van der Waals surface area contributed by atoms with Crippen molar-refractivity contribution in [1.82, 2.24) is 0 Å². The van der Waals surface area contributed by atoms with Crippen molar-refractivity contribution in [2.75, 3.05) is 6.61 Å². The molecule has 0 amide bonds. The molecule has 0 bridgehead atoms. The molecule has 0 aromatic rings. The molecule has 0 spiro atoms. The summed E-state index contributed by atoms with van der Waals surface area (Å²) in [4.78, 5) is 12.5. The Morgan fingerprint density at radius 1 is 0.846 bits per heavy atom. The van der Waals surface area contributed by atoms with Crippen LogP contribution in [0, 0.1) is 23.2 Å². The molecule has 152 valence electrons. The van der Waals surface area contributed by atoms with E-state index in [1.807, 2.05) is 0 Å². The molecule has 2 saturated carbocycles. The van der Waals surface area contributed by atoms with Crippen LogP contribution in [0.5, 0.6) is 0 Å². The highest BCUT2D eigenvalue weighted by Crippen LogP contribution is 2.46. The van der Waals surface area contributed by atoms with Crippen LogP contribution in [0.25, 0.3) is 0 Å². The standard InChI is InChI=1S/C24H44O2/c1-4-6-8-10-20-11-13-21(14-12-20)22-15-17-24(3,18-16-22)23(25)26-19-9-7-5-2/h20-22H,4-19H2,1-3H3. The van der Waals surface area contributed by atoms with Crippen LogP contribution in [-0.2, 0) is 9.53 Å². The molecule has 0 aromatic heterocycles. The number of carbonyl (C=O) groups excluding carboxylic acids is 1. The topological polar surface area (TPSA) is 26.3 Å². The van der Waals surface area contributed by atoms with E-state index in [-0.39, 0.29) is 11.4 Å². The van der Waals surface area contributed by atoms with Gasteiger partial charge in [-0.1, -0.05) is 65.2 Å². The van der Waals surface area contributed by atoms with E-state index in [1.54, 1.807) is 0 Å². The Morgan fingerprint density at radius 2 is 1.42 bits per heavy atom. The fourth-order valence-electron chi connectivity index (χ4n) is 5.28. The van der Waals surface area contributed by atoms with Gasteiger partial charge in [0.15, 0.2) is 0 Å². The number of carbonyl (C=O) groups is 1. The average Bonchev–Trinajstić information content (AvgIpc) is 2.66. The molecule has 0 heterocycles. The minimum absolute atomic E-state index is 0.0756. The fourth-order valence-corrected chi connectivity index (χ4v) is 5.28. The van der Waals surface area contributed by atoms with E-state index < -0.39 is 0 Å². The summed E-state index contributed by atoms with van der Waals surface area (Å²) in [5, 5.41) is 0. The maximum absolute atomic E-state index is 12.5. The van der Waals surface area contributed by atoms with Crippen molar-refractivity contribution in [3.8, 4) is 0 Å². The van der Waals surface area contributed by atoms with Gasteiger partial charge in [-0.25, -0.2) is 0 Å². The van der Waals surface area contributed by atoms with Crippen molar-refractivity contribution in [1.29, 1.82) is 0 Å². The molecule has 0 saturated heterocycles. The lowest BCUT2D eigenvalue weighted by Gasteiger charge is -2.41. The van der Waals surface area contributed by atoms with Gasteiger partial charge in [0.05, 0.1) is 12.0 Å². The van der Waals surface area contributed by atoms with Crippen LogP contribution in [0.2, 0.25) is 0 Å². The molecule has 26 heavy (non-hydrogen) atoms. The molecule has 0 aromatic carbocycles. The third-order valence-corrected chi connectivity index (χ3v) is 7.38. The third-order valence-electron chi connectivity index (χ3n) is 7.38. The van der Waals surface area contributed by atoms with Crippen LogP contribution in [0.4, 0.5) is 0 Å². The molecule has 2 nitrogen and oxygen atoms in total. The molecule has 2 aliphatic carbocycles. The molecule has 2 fully saturated rings. The average molecular weight is 365 g/mol. The number of rotatable bonds is 10. The predicted octanol–water partition coefficient (Wildman–Crippen LogP) is 7.30. The number of esters is 1. The van der Waals surface area contributed by atoms with E-state index in [0.717, 1.165) is 43.4 Å².